The highest BCUT2D eigenvalue weighted by Gasteiger charge is 2.09. The zero-order valence-corrected chi connectivity index (χ0v) is 10.6. The molecule has 0 heterocycles. The Labute approximate surface area is 100 Å². The van der Waals surface area contributed by atoms with E-state index in [0.717, 1.165) is 8.95 Å². The highest BCUT2D eigenvalue weighted by atomic mass is 79.9. The second kappa shape index (κ2) is 5.33. The highest BCUT2D eigenvalue weighted by molar-refractivity contribution is 9.11. The molecule has 0 saturated carbocycles. The molecule has 0 radical (unpaired) electrons. The van der Waals surface area contributed by atoms with Gasteiger partial charge in [0.15, 0.2) is 5.78 Å². The van der Waals surface area contributed by atoms with E-state index < -0.39 is 0 Å². The molecule has 0 fully saturated rings. The maximum Gasteiger partial charge on any atom is 0.164 e. The molecule has 0 unspecified atom stereocenters. The second-order valence-electron chi connectivity index (χ2n) is 2.75. The third kappa shape index (κ3) is 2.97. The van der Waals surface area contributed by atoms with Gasteiger partial charge in [-0.15, -0.1) is 12.3 Å². The molecule has 0 atom stereocenters. The molecule has 0 N–H and O–H groups in total. The molecule has 0 bridgehead atoms. The molecule has 1 rings (SSSR count). The lowest BCUT2D eigenvalue weighted by Gasteiger charge is -2.02. The first-order valence-corrected chi connectivity index (χ1v) is 5.65. The molecule has 14 heavy (non-hydrogen) atoms. The molecule has 0 aromatic heterocycles. The van der Waals surface area contributed by atoms with E-state index in [9.17, 15) is 4.79 Å². The number of ketones is 1. The van der Waals surface area contributed by atoms with Crippen LogP contribution in [0.5, 0.6) is 0 Å². The summed E-state index contributed by atoms with van der Waals surface area (Å²) in [7, 11) is 0. The van der Waals surface area contributed by atoms with Gasteiger partial charge >= 0.3 is 0 Å². The second-order valence-corrected chi connectivity index (χ2v) is 4.52. The Morgan fingerprint density at radius 3 is 2.79 bits per heavy atom. The zero-order valence-electron chi connectivity index (χ0n) is 7.39. The molecular formula is C11H8Br2O. The van der Waals surface area contributed by atoms with E-state index in [4.69, 9.17) is 6.42 Å². The summed E-state index contributed by atoms with van der Waals surface area (Å²) in [6.45, 7) is 0. The number of halogens is 2. The van der Waals surface area contributed by atoms with E-state index in [1.165, 1.54) is 0 Å². The predicted octanol–water partition coefficient (Wildman–Crippen LogP) is 3.81. The summed E-state index contributed by atoms with van der Waals surface area (Å²) >= 11 is 6.65. The van der Waals surface area contributed by atoms with Crippen molar-refractivity contribution < 1.29 is 4.79 Å². The Kier molecular flexibility index (Phi) is 4.37. The van der Waals surface area contributed by atoms with Crippen molar-refractivity contribution in [2.75, 3.05) is 0 Å². The number of Topliss-reactive ketones (excluding diaryl/α,β-unsaturated/α-hetero) is 1. The first-order valence-electron chi connectivity index (χ1n) is 4.07. The maximum absolute atomic E-state index is 11.6. The largest absolute Gasteiger partial charge is 0.294 e. The number of carbonyl (C=O) groups is 1. The number of hydrogen-bond acceptors (Lipinski definition) is 1. The predicted molar refractivity (Wildman–Crippen MR) is 64.2 cm³/mol. The lowest BCUT2D eigenvalue weighted by Crippen LogP contribution is -1.99. The third-order valence-electron chi connectivity index (χ3n) is 1.73. The number of hydrogen-bond donors (Lipinski definition) is 0. The van der Waals surface area contributed by atoms with Crippen molar-refractivity contribution in [3.8, 4) is 12.3 Å². The average Bonchev–Trinajstić information content (AvgIpc) is 2.18. The van der Waals surface area contributed by atoms with Gasteiger partial charge in [-0.25, -0.2) is 0 Å². The molecule has 0 aliphatic rings. The van der Waals surface area contributed by atoms with Gasteiger partial charge in [-0.05, 0) is 18.2 Å². The third-order valence-corrected chi connectivity index (χ3v) is 2.91. The van der Waals surface area contributed by atoms with Crippen molar-refractivity contribution in [3.63, 3.8) is 0 Å². The fraction of sp³-hybridized carbons (Fsp3) is 0.182. The Bertz CT molecular complexity index is 391. The number of carbonyl (C=O) groups excluding carboxylic acids is 1. The lowest BCUT2D eigenvalue weighted by atomic mass is 10.1. The van der Waals surface area contributed by atoms with Crippen LogP contribution >= 0.6 is 31.9 Å². The number of benzene rings is 1. The van der Waals surface area contributed by atoms with Gasteiger partial charge in [0.25, 0.3) is 0 Å². The van der Waals surface area contributed by atoms with E-state index in [1.807, 2.05) is 12.1 Å². The van der Waals surface area contributed by atoms with Gasteiger partial charge in [-0.3, -0.25) is 4.79 Å². The molecule has 0 aliphatic carbocycles. The monoisotopic (exact) mass is 314 g/mol. The van der Waals surface area contributed by atoms with Crippen molar-refractivity contribution in [3.05, 3.63) is 32.7 Å². The SMILES string of the molecule is C#CCCC(=O)c1cc(Br)ccc1Br. The summed E-state index contributed by atoms with van der Waals surface area (Å²) in [4.78, 5) is 11.6. The Hall–Kier alpha value is -0.590. The Balaban J connectivity index is 2.90. The molecule has 0 aliphatic heterocycles. The van der Waals surface area contributed by atoms with Crippen LogP contribution in [0.25, 0.3) is 0 Å². The van der Waals surface area contributed by atoms with Gasteiger partial charge in [0, 0.05) is 27.4 Å². The van der Waals surface area contributed by atoms with Crippen LogP contribution in [0.2, 0.25) is 0 Å². The quantitative estimate of drug-likeness (QED) is 0.612. The molecule has 1 nitrogen and oxygen atoms in total. The molecule has 0 saturated heterocycles. The molecule has 0 amide bonds. The Morgan fingerprint density at radius 1 is 1.43 bits per heavy atom. The Morgan fingerprint density at radius 2 is 2.14 bits per heavy atom. The van der Waals surface area contributed by atoms with Crippen molar-refractivity contribution in [1.82, 2.24) is 0 Å². The first kappa shape index (κ1) is 11.5. The molecule has 1 aromatic rings. The van der Waals surface area contributed by atoms with Gasteiger partial charge in [0.05, 0.1) is 0 Å². The first-order chi connectivity index (χ1) is 6.65. The van der Waals surface area contributed by atoms with Crippen molar-refractivity contribution in [1.29, 1.82) is 0 Å². The summed E-state index contributed by atoms with van der Waals surface area (Å²) < 4.78 is 1.70. The lowest BCUT2D eigenvalue weighted by molar-refractivity contribution is 0.0983. The summed E-state index contributed by atoms with van der Waals surface area (Å²) in [5, 5.41) is 0. The van der Waals surface area contributed by atoms with E-state index in [2.05, 4.69) is 37.8 Å². The normalized spacial score (nSPS) is 9.50. The van der Waals surface area contributed by atoms with Crippen molar-refractivity contribution >= 4 is 37.6 Å². The smallest absolute Gasteiger partial charge is 0.164 e. The standard InChI is InChI=1S/C11H8Br2O/c1-2-3-4-11(14)9-7-8(12)5-6-10(9)13/h1,5-7H,3-4H2. The van der Waals surface area contributed by atoms with E-state index in [1.54, 1.807) is 6.07 Å². The molecule has 72 valence electrons. The fourth-order valence-electron chi connectivity index (χ4n) is 1.03. The minimum absolute atomic E-state index is 0.0659. The van der Waals surface area contributed by atoms with E-state index in [-0.39, 0.29) is 5.78 Å². The van der Waals surface area contributed by atoms with Gasteiger partial charge in [-0.2, -0.15) is 0 Å². The number of rotatable bonds is 3. The van der Waals surface area contributed by atoms with Crippen LogP contribution in [0, 0.1) is 12.3 Å². The van der Waals surface area contributed by atoms with Crippen LogP contribution in [0.3, 0.4) is 0 Å². The molecule has 0 spiro atoms. The van der Waals surface area contributed by atoms with Crippen LogP contribution in [-0.4, -0.2) is 5.78 Å². The van der Waals surface area contributed by atoms with Gasteiger partial charge < -0.3 is 0 Å². The van der Waals surface area contributed by atoms with E-state index >= 15 is 0 Å². The molecular weight excluding hydrogens is 308 g/mol. The van der Waals surface area contributed by atoms with Crippen LogP contribution in [-0.2, 0) is 0 Å². The summed E-state index contributed by atoms with van der Waals surface area (Å²) in [6, 6.07) is 5.51. The molecule has 1 aromatic carbocycles. The van der Waals surface area contributed by atoms with Crippen LogP contribution in [0.1, 0.15) is 23.2 Å². The maximum atomic E-state index is 11.6. The van der Waals surface area contributed by atoms with Gasteiger partial charge in [-0.1, -0.05) is 31.9 Å². The minimum atomic E-state index is 0.0659. The van der Waals surface area contributed by atoms with E-state index in [0.29, 0.717) is 18.4 Å². The van der Waals surface area contributed by atoms with Crippen LogP contribution < -0.4 is 0 Å². The molecule has 3 heteroatoms. The van der Waals surface area contributed by atoms with Gasteiger partial charge in [0.1, 0.15) is 0 Å². The zero-order chi connectivity index (χ0) is 10.6. The van der Waals surface area contributed by atoms with Crippen LogP contribution in [0.15, 0.2) is 27.1 Å². The number of terminal acetylenes is 1. The summed E-state index contributed by atoms with van der Waals surface area (Å²) in [5.41, 5.74) is 0.676. The van der Waals surface area contributed by atoms with Crippen molar-refractivity contribution in [2.45, 2.75) is 12.8 Å². The average molecular weight is 316 g/mol. The van der Waals surface area contributed by atoms with Crippen LogP contribution in [0.4, 0.5) is 0 Å². The topological polar surface area (TPSA) is 17.1 Å². The summed E-state index contributed by atoms with van der Waals surface area (Å²) in [5.74, 6) is 2.52. The summed E-state index contributed by atoms with van der Waals surface area (Å²) in [6.07, 6.45) is 5.98. The van der Waals surface area contributed by atoms with Crippen molar-refractivity contribution in [2.24, 2.45) is 0 Å². The van der Waals surface area contributed by atoms with Gasteiger partial charge in [0.2, 0.25) is 0 Å². The highest BCUT2D eigenvalue weighted by Crippen LogP contribution is 2.22. The fourth-order valence-corrected chi connectivity index (χ4v) is 1.86. The minimum Gasteiger partial charge on any atom is -0.294 e.